The van der Waals surface area contributed by atoms with Gasteiger partial charge in [-0.15, -0.1) is 11.8 Å². The van der Waals surface area contributed by atoms with Crippen molar-refractivity contribution in [3.8, 4) is 0 Å². The molecule has 0 aliphatic carbocycles. The number of ether oxygens (including phenoxy) is 3. The first-order valence-corrected chi connectivity index (χ1v) is 19.2. The van der Waals surface area contributed by atoms with Crippen LogP contribution in [-0.2, 0) is 28.5 Å². The topological polar surface area (TPSA) is 129 Å². The Balaban J connectivity index is 1.50. The summed E-state index contributed by atoms with van der Waals surface area (Å²) in [5, 5.41) is 6.85. The SMILES string of the molecule is CC[C@H](C)C(COC=CCCC(=O)[C@]1(N)CCOC1=O)NCC(CSC(c1ccccc1)(c1ccccc1)c1ccccc1)NC(=O)OC(C)(C)C. The fourth-order valence-corrected chi connectivity index (χ4v) is 7.70. The van der Waals surface area contributed by atoms with Crippen molar-refractivity contribution < 1.29 is 28.6 Å². The second-order valence-electron chi connectivity index (χ2n) is 14.4. The molecule has 2 unspecified atom stereocenters. The summed E-state index contributed by atoms with van der Waals surface area (Å²) in [6.07, 6.45) is 4.56. The maximum atomic E-state index is 13.2. The summed E-state index contributed by atoms with van der Waals surface area (Å²) in [6, 6.07) is 31.2. The van der Waals surface area contributed by atoms with Gasteiger partial charge in [0.25, 0.3) is 0 Å². The van der Waals surface area contributed by atoms with E-state index < -0.39 is 27.9 Å². The molecule has 4 atom stereocenters. The van der Waals surface area contributed by atoms with E-state index >= 15 is 0 Å². The third kappa shape index (κ3) is 10.9. The highest BCUT2D eigenvalue weighted by Crippen LogP contribution is 2.48. The number of amides is 1. The van der Waals surface area contributed by atoms with Crippen molar-refractivity contribution in [2.75, 3.05) is 25.5 Å². The molecule has 0 saturated carbocycles. The van der Waals surface area contributed by atoms with Crippen molar-refractivity contribution in [1.29, 1.82) is 0 Å². The Kier molecular flexibility index (Phi) is 14.9. The number of Topliss-reactive ketones (excluding diaryl/α,β-unsaturated/α-hetero) is 1. The zero-order chi connectivity index (χ0) is 37.6. The van der Waals surface area contributed by atoms with Crippen LogP contribution in [0.4, 0.5) is 4.79 Å². The minimum atomic E-state index is -1.54. The molecular weight excluding hydrogens is 675 g/mol. The highest BCUT2D eigenvalue weighted by Gasteiger charge is 2.46. The Morgan fingerprint density at radius 3 is 2.00 bits per heavy atom. The number of nitrogens with two attached hydrogens (primary N) is 1. The quantitative estimate of drug-likeness (QED) is 0.0511. The van der Waals surface area contributed by atoms with Crippen molar-refractivity contribution in [2.45, 2.75) is 88.3 Å². The molecule has 0 radical (unpaired) electrons. The standard InChI is InChI=1S/C42H55N3O6S/c1-6-31(2)36(29-49-26-17-16-24-37(46)41(43)25-27-50-38(41)47)44-28-35(45-39(48)51-40(3,4)5)30-52-42(32-18-10-7-11-19-32,33-20-12-8-13-21-33)34-22-14-9-15-23-34/h7-15,17-23,26,31,35-36,44H,6,16,24-25,27-30,43H2,1-5H3,(H,45,48)/t31-,35?,36?,41+/m0/s1. The van der Waals surface area contributed by atoms with Gasteiger partial charge in [-0.1, -0.05) is 111 Å². The number of alkyl carbamates (subject to hydrolysis) is 1. The van der Waals surface area contributed by atoms with Crippen LogP contribution in [-0.4, -0.2) is 66.6 Å². The third-order valence-corrected chi connectivity index (χ3v) is 11.0. The van der Waals surface area contributed by atoms with Crippen molar-refractivity contribution in [1.82, 2.24) is 10.6 Å². The first-order valence-electron chi connectivity index (χ1n) is 18.2. The first kappa shape index (κ1) is 40.6. The normalized spacial score (nSPS) is 18.0. The number of hydrogen-bond acceptors (Lipinski definition) is 9. The number of cyclic esters (lactones) is 1. The molecule has 1 fully saturated rings. The molecule has 0 spiro atoms. The summed E-state index contributed by atoms with van der Waals surface area (Å²) in [4.78, 5) is 37.7. The molecule has 1 amide bonds. The van der Waals surface area contributed by atoms with Gasteiger partial charge in [0.15, 0.2) is 11.3 Å². The molecule has 0 bridgehead atoms. The molecule has 0 aromatic heterocycles. The van der Waals surface area contributed by atoms with Crippen LogP contribution in [0.25, 0.3) is 0 Å². The number of hydrogen-bond donors (Lipinski definition) is 3. The molecule has 3 aromatic carbocycles. The molecule has 52 heavy (non-hydrogen) atoms. The Bertz CT molecular complexity index is 1500. The van der Waals surface area contributed by atoms with Crippen LogP contribution >= 0.6 is 11.8 Å². The van der Waals surface area contributed by atoms with Crippen molar-refractivity contribution >= 4 is 29.6 Å². The van der Waals surface area contributed by atoms with E-state index in [4.69, 9.17) is 19.9 Å². The Labute approximate surface area is 313 Å². The summed E-state index contributed by atoms with van der Waals surface area (Å²) in [6.45, 7) is 10.9. The zero-order valence-electron chi connectivity index (χ0n) is 31.1. The second kappa shape index (κ2) is 19.1. The third-order valence-electron chi connectivity index (χ3n) is 9.32. The van der Waals surface area contributed by atoms with Gasteiger partial charge in [-0.25, -0.2) is 9.59 Å². The number of nitrogens with one attached hydrogen (secondary N) is 2. The summed E-state index contributed by atoms with van der Waals surface area (Å²) in [7, 11) is 0. The number of ketones is 1. The molecule has 3 aromatic rings. The molecule has 10 heteroatoms. The predicted octanol–water partition coefficient (Wildman–Crippen LogP) is 7.13. The second-order valence-corrected chi connectivity index (χ2v) is 15.6. The highest BCUT2D eigenvalue weighted by atomic mass is 32.2. The van der Waals surface area contributed by atoms with Crippen molar-refractivity contribution in [3.05, 3.63) is 120 Å². The lowest BCUT2D eigenvalue weighted by molar-refractivity contribution is -0.146. The van der Waals surface area contributed by atoms with E-state index in [1.165, 1.54) is 0 Å². The smallest absolute Gasteiger partial charge is 0.407 e. The average Bonchev–Trinajstić information content (AvgIpc) is 3.49. The van der Waals surface area contributed by atoms with Crippen LogP contribution in [0.3, 0.4) is 0 Å². The number of thioether (sulfide) groups is 1. The molecule has 1 aliphatic rings. The van der Waals surface area contributed by atoms with Gasteiger partial charge in [0, 0.05) is 31.2 Å². The van der Waals surface area contributed by atoms with Gasteiger partial charge in [-0.05, 0) is 55.9 Å². The molecule has 1 aliphatic heterocycles. The van der Waals surface area contributed by atoms with Crippen molar-refractivity contribution in [2.24, 2.45) is 11.7 Å². The van der Waals surface area contributed by atoms with Crippen LogP contribution in [0, 0.1) is 5.92 Å². The van der Waals surface area contributed by atoms with Gasteiger partial charge in [0.05, 0.1) is 23.7 Å². The fourth-order valence-electron chi connectivity index (χ4n) is 6.14. The minimum Gasteiger partial charge on any atom is -0.500 e. The summed E-state index contributed by atoms with van der Waals surface area (Å²) < 4.78 is 16.0. The highest BCUT2D eigenvalue weighted by molar-refractivity contribution is 8.00. The van der Waals surface area contributed by atoms with Gasteiger partial charge in [0.2, 0.25) is 0 Å². The van der Waals surface area contributed by atoms with E-state index in [9.17, 15) is 14.4 Å². The first-order chi connectivity index (χ1) is 24.9. The lowest BCUT2D eigenvalue weighted by Crippen LogP contribution is -2.51. The molecule has 1 saturated heterocycles. The monoisotopic (exact) mass is 729 g/mol. The number of carbonyl (C=O) groups excluding carboxylic acids is 3. The Morgan fingerprint density at radius 1 is 0.962 bits per heavy atom. The molecule has 4 rings (SSSR count). The lowest BCUT2D eigenvalue weighted by atomic mass is 9.84. The van der Waals surface area contributed by atoms with E-state index in [-0.39, 0.29) is 43.2 Å². The van der Waals surface area contributed by atoms with Crippen LogP contribution in [0.1, 0.15) is 77.0 Å². The van der Waals surface area contributed by atoms with Crippen LogP contribution in [0.2, 0.25) is 0 Å². The predicted molar refractivity (Wildman–Crippen MR) is 208 cm³/mol. The Morgan fingerprint density at radius 2 is 1.52 bits per heavy atom. The van der Waals surface area contributed by atoms with Gasteiger partial charge < -0.3 is 30.6 Å². The number of benzene rings is 3. The van der Waals surface area contributed by atoms with E-state index in [1.807, 2.05) is 39.0 Å². The molecule has 4 N–H and O–H groups in total. The maximum Gasteiger partial charge on any atom is 0.407 e. The maximum absolute atomic E-state index is 13.2. The molecule has 280 valence electrons. The summed E-state index contributed by atoms with van der Waals surface area (Å²) in [5.41, 5.74) is 7.25. The lowest BCUT2D eigenvalue weighted by Gasteiger charge is -2.37. The van der Waals surface area contributed by atoms with Crippen LogP contribution in [0.15, 0.2) is 103 Å². The number of esters is 1. The zero-order valence-corrected chi connectivity index (χ0v) is 32.0. The van der Waals surface area contributed by atoms with Gasteiger partial charge in [-0.3, -0.25) is 4.79 Å². The average molecular weight is 730 g/mol. The van der Waals surface area contributed by atoms with Gasteiger partial charge >= 0.3 is 12.1 Å². The minimum absolute atomic E-state index is 0.0214. The number of rotatable bonds is 19. The molecular formula is C42H55N3O6S. The number of allylic oxidation sites excluding steroid dienone is 1. The summed E-state index contributed by atoms with van der Waals surface area (Å²) in [5.74, 6) is -0.129. The van der Waals surface area contributed by atoms with E-state index in [0.29, 0.717) is 25.3 Å². The molecule has 9 nitrogen and oxygen atoms in total. The van der Waals surface area contributed by atoms with Crippen LogP contribution in [0.5, 0.6) is 0 Å². The molecule has 1 heterocycles. The van der Waals surface area contributed by atoms with E-state index in [0.717, 1.165) is 23.1 Å². The van der Waals surface area contributed by atoms with E-state index in [2.05, 4.69) is 97.3 Å². The Hall–Kier alpha value is -4.12. The largest absolute Gasteiger partial charge is 0.500 e. The van der Waals surface area contributed by atoms with Gasteiger partial charge in [-0.2, -0.15) is 0 Å². The number of carbonyl (C=O) groups is 3. The summed E-state index contributed by atoms with van der Waals surface area (Å²) >= 11 is 1.78. The van der Waals surface area contributed by atoms with Crippen molar-refractivity contribution in [3.63, 3.8) is 0 Å². The van der Waals surface area contributed by atoms with E-state index in [1.54, 1.807) is 24.1 Å². The van der Waals surface area contributed by atoms with Crippen LogP contribution < -0.4 is 16.4 Å². The van der Waals surface area contributed by atoms with Gasteiger partial charge in [0.1, 0.15) is 12.2 Å². The fraction of sp³-hybridized carbons (Fsp3) is 0.452.